The Morgan fingerprint density at radius 3 is 2.25 bits per heavy atom. The number of aromatic nitrogens is 2. The van der Waals surface area contributed by atoms with Gasteiger partial charge >= 0.3 is 0 Å². The minimum absolute atomic E-state index is 0. The van der Waals surface area contributed by atoms with Gasteiger partial charge in [-0.05, 0) is 93.2 Å². The topological polar surface area (TPSA) is 25.8 Å². The predicted octanol–water partition coefficient (Wildman–Crippen LogP) is 12.9. The Bertz CT molecular complexity index is 2250. The summed E-state index contributed by atoms with van der Waals surface area (Å²) in [6.45, 7) is 16.2. The van der Waals surface area contributed by atoms with Crippen LogP contribution in [0.2, 0.25) is 19.6 Å². The average Bonchev–Trinajstić information content (AvgIpc) is 3.50. The Hall–Kier alpha value is -3.80. The SMILES string of the molecule is CC(C)Cc1cc(-c2[c-]cccc2)ncc1[Si](C)(C)C.CCC(CC)c1ccnc(-c2[c-]ccc3c2sc2cc(-c4cccc(F)c4)ccc23)c1.[Ir]. The van der Waals surface area contributed by atoms with Crippen LogP contribution in [-0.4, -0.2) is 18.0 Å². The number of fused-ring (bicyclic) bond motifs is 3. The van der Waals surface area contributed by atoms with Crippen molar-refractivity contribution in [2.24, 2.45) is 5.92 Å². The molecule has 3 heterocycles. The van der Waals surface area contributed by atoms with Crippen molar-refractivity contribution in [1.82, 2.24) is 9.97 Å². The van der Waals surface area contributed by atoms with Crippen LogP contribution in [0.4, 0.5) is 4.39 Å². The van der Waals surface area contributed by atoms with E-state index in [1.165, 1.54) is 42.6 Å². The fraction of sp³-hybridized carbons (Fsp3) is 0.261. The molecule has 6 heteroatoms. The standard InChI is InChI=1S/C28H23FNS.C18H24NSi.Ir/c1-3-18(4-2)21-13-14-30-26(16-21)25-10-6-9-24-23-12-11-20(17-27(23)31-28(24)25)19-7-5-8-22(29)15-19;1-14(2)11-16-12-17(15-9-7-6-8-10-15)19-13-18(16)20(3,4)5;/h5-9,11-18H,3-4H2,1-2H3;6-9,12-14H,11H2,1-5H3;/q2*-1;. The van der Waals surface area contributed by atoms with E-state index in [1.54, 1.807) is 23.5 Å². The summed E-state index contributed by atoms with van der Waals surface area (Å²) in [5.41, 5.74) is 8.90. The van der Waals surface area contributed by atoms with Gasteiger partial charge in [-0.2, -0.15) is 11.3 Å². The summed E-state index contributed by atoms with van der Waals surface area (Å²) in [4.78, 5) is 9.38. The summed E-state index contributed by atoms with van der Waals surface area (Å²) in [7, 11) is -1.34. The van der Waals surface area contributed by atoms with Gasteiger partial charge in [0.2, 0.25) is 0 Å². The molecule has 0 atom stereocenters. The molecule has 3 aromatic heterocycles. The molecular formula is C46H47FIrN2SSi-2. The fourth-order valence-electron chi connectivity index (χ4n) is 6.86. The molecule has 0 bridgehead atoms. The maximum Gasteiger partial charge on any atom is 0.123 e. The first kappa shape index (κ1) is 39.4. The molecule has 7 aromatic rings. The Balaban J connectivity index is 0.000000217. The largest absolute Gasteiger partial charge is 0.305 e. The molecule has 0 aliphatic rings. The van der Waals surface area contributed by atoms with Gasteiger partial charge in [0.15, 0.2) is 0 Å². The van der Waals surface area contributed by atoms with E-state index in [4.69, 9.17) is 0 Å². The van der Waals surface area contributed by atoms with Crippen LogP contribution in [0, 0.1) is 23.9 Å². The number of hydrogen-bond acceptors (Lipinski definition) is 3. The maximum absolute atomic E-state index is 13.7. The van der Waals surface area contributed by atoms with Crippen LogP contribution in [0.3, 0.4) is 0 Å². The van der Waals surface area contributed by atoms with Crippen molar-refractivity contribution in [2.75, 3.05) is 0 Å². The van der Waals surface area contributed by atoms with Crippen molar-refractivity contribution >= 4 is 44.8 Å². The van der Waals surface area contributed by atoms with Crippen LogP contribution in [0.5, 0.6) is 0 Å². The molecule has 0 aliphatic heterocycles. The number of thiophene rings is 1. The number of halogens is 1. The molecule has 0 spiro atoms. The van der Waals surface area contributed by atoms with Crippen LogP contribution < -0.4 is 5.19 Å². The molecule has 52 heavy (non-hydrogen) atoms. The third-order valence-electron chi connectivity index (χ3n) is 9.50. The number of rotatable bonds is 9. The molecule has 0 amide bonds. The Kier molecular flexibility index (Phi) is 13.1. The van der Waals surface area contributed by atoms with Gasteiger partial charge in [-0.1, -0.05) is 100 Å². The molecule has 1 radical (unpaired) electrons. The van der Waals surface area contributed by atoms with E-state index in [2.05, 4.69) is 124 Å². The molecule has 0 N–H and O–H groups in total. The van der Waals surface area contributed by atoms with Gasteiger partial charge in [0.05, 0.1) is 8.07 Å². The van der Waals surface area contributed by atoms with E-state index in [9.17, 15) is 4.39 Å². The summed E-state index contributed by atoms with van der Waals surface area (Å²) in [5.74, 6) is 1.01. The normalized spacial score (nSPS) is 11.5. The van der Waals surface area contributed by atoms with Gasteiger partial charge in [0.25, 0.3) is 0 Å². The van der Waals surface area contributed by atoms with Crippen molar-refractivity contribution in [3.05, 3.63) is 139 Å². The van der Waals surface area contributed by atoms with Crippen molar-refractivity contribution < 1.29 is 24.5 Å². The van der Waals surface area contributed by atoms with E-state index in [0.29, 0.717) is 11.8 Å². The first-order valence-electron chi connectivity index (χ1n) is 18.1. The van der Waals surface area contributed by atoms with Crippen molar-refractivity contribution in [1.29, 1.82) is 0 Å². The van der Waals surface area contributed by atoms with Gasteiger partial charge in [-0.25, -0.2) is 4.39 Å². The summed E-state index contributed by atoms with van der Waals surface area (Å²) in [5, 5.41) is 3.92. The molecule has 0 unspecified atom stereocenters. The second-order valence-corrected chi connectivity index (χ2v) is 20.8. The second-order valence-electron chi connectivity index (χ2n) is 14.8. The number of benzene rings is 4. The first-order valence-corrected chi connectivity index (χ1v) is 22.4. The molecule has 269 valence electrons. The quantitative estimate of drug-likeness (QED) is 0.107. The zero-order valence-corrected chi connectivity index (χ0v) is 35.4. The van der Waals surface area contributed by atoms with Crippen LogP contribution in [0.15, 0.2) is 109 Å². The Labute approximate surface area is 328 Å². The van der Waals surface area contributed by atoms with Gasteiger partial charge < -0.3 is 9.97 Å². The minimum Gasteiger partial charge on any atom is -0.305 e. The zero-order chi connectivity index (χ0) is 36.1. The van der Waals surface area contributed by atoms with Crippen molar-refractivity contribution in [3.8, 4) is 33.6 Å². The summed E-state index contributed by atoms with van der Waals surface area (Å²) < 4.78 is 16.1. The zero-order valence-electron chi connectivity index (χ0n) is 31.2. The van der Waals surface area contributed by atoms with E-state index in [1.807, 2.05) is 36.5 Å². The van der Waals surface area contributed by atoms with Gasteiger partial charge in [0.1, 0.15) is 5.82 Å². The molecule has 0 fully saturated rings. The fourth-order valence-corrected chi connectivity index (χ4v) is 9.69. The summed E-state index contributed by atoms with van der Waals surface area (Å²) in [6.07, 6.45) is 7.41. The first-order chi connectivity index (χ1) is 24.5. The molecule has 0 aliphatic carbocycles. The minimum atomic E-state index is -1.34. The molecule has 0 saturated heterocycles. The summed E-state index contributed by atoms with van der Waals surface area (Å²) in [6, 6.07) is 38.7. The Morgan fingerprint density at radius 2 is 1.56 bits per heavy atom. The molecule has 2 nitrogen and oxygen atoms in total. The number of pyridine rings is 2. The molecule has 4 aromatic carbocycles. The van der Waals surface area contributed by atoms with E-state index in [-0.39, 0.29) is 25.9 Å². The van der Waals surface area contributed by atoms with Crippen LogP contribution >= 0.6 is 11.3 Å². The molecule has 0 saturated carbocycles. The molecular weight excluding hydrogens is 852 g/mol. The van der Waals surface area contributed by atoms with Gasteiger partial charge in [-0.3, -0.25) is 0 Å². The van der Waals surface area contributed by atoms with Crippen LogP contribution in [0.1, 0.15) is 57.6 Å². The van der Waals surface area contributed by atoms with Crippen LogP contribution in [-0.2, 0) is 26.5 Å². The average molecular weight is 899 g/mol. The van der Waals surface area contributed by atoms with Crippen molar-refractivity contribution in [3.63, 3.8) is 0 Å². The smallest absolute Gasteiger partial charge is 0.123 e. The van der Waals surface area contributed by atoms with Crippen LogP contribution in [0.25, 0.3) is 53.8 Å². The number of nitrogens with zero attached hydrogens (tertiary/aromatic N) is 2. The maximum atomic E-state index is 13.7. The van der Waals surface area contributed by atoms with E-state index < -0.39 is 8.07 Å². The monoisotopic (exact) mass is 899 g/mol. The van der Waals surface area contributed by atoms with E-state index >= 15 is 0 Å². The van der Waals surface area contributed by atoms with Gasteiger partial charge in [0, 0.05) is 37.2 Å². The van der Waals surface area contributed by atoms with Crippen molar-refractivity contribution in [2.45, 2.75) is 72.5 Å². The summed E-state index contributed by atoms with van der Waals surface area (Å²) >= 11 is 1.76. The Morgan fingerprint density at radius 1 is 0.769 bits per heavy atom. The van der Waals surface area contributed by atoms with E-state index in [0.717, 1.165) is 52.9 Å². The third-order valence-corrected chi connectivity index (χ3v) is 12.8. The second kappa shape index (κ2) is 17.3. The molecule has 7 rings (SSSR count). The third kappa shape index (κ3) is 9.04. The number of hydrogen-bond donors (Lipinski definition) is 0. The van der Waals surface area contributed by atoms with Gasteiger partial charge in [-0.15, -0.1) is 59.7 Å². The predicted molar refractivity (Wildman–Crippen MR) is 220 cm³/mol.